The number of ether oxygens (including phenoxy) is 3. The first-order valence-corrected chi connectivity index (χ1v) is 33.8. The number of unbranched alkanes of at least 4 members (excludes halogenated alkanes) is 48. The zero-order valence-electron chi connectivity index (χ0n) is 50.8. The van der Waals surface area contributed by atoms with Crippen molar-refractivity contribution in [3.8, 4) is 0 Å². The fourth-order valence-corrected chi connectivity index (χ4v) is 10.4. The lowest BCUT2D eigenvalue weighted by molar-refractivity contribution is -0.167. The Labute approximate surface area is 468 Å². The Balaban J connectivity index is 3.88. The smallest absolute Gasteiger partial charge is 0.306 e. The molecule has 0 aromatic carbocycles. The summed E-state index contributed by atoms with van der Waals surface area (Å²) >= 11 is 0. The molecule has 0 heterocycles. The van der Waals surface area contributed by atoms with Crippen molar-refractivity contribution < 1.29 is 28.6 Å². The van der Waals surface area contributed by atoms with E-state index < -0.39 is 6.10 Å². The van der Waals surface area contributed by atoms with Crippen LogP contribution in [0, 0.1) is 0 Å². The zero-order chi connectivity index (χ0) is 54.3. The minimum atomic E-state index is -0.762. The van der Waals surface area contributed by atoms with E-state index in [2.05, 4.69) is 45.1 Å². The Hall–Kier alpha value is -2.11. The average molecular weight is 1060 g/mol. The Kier molecular flexibility index (Phi) is 62.6. The molecule has 0 aliphatic heterocycles. The van der Waals surface area contributed by atoms with Crippen molar-refractivity contribution in [1.82, 2.24) is 0 Å². The lowest BCUT2D eigenvalue weighted by Gasteiger charge is -2.18. The van der Waals surface area contributed by atoms with Crippen LogP contribution in [0.2, 0.25) is 0 Å². The van der Waals surface area contributed by atoms with E-state index in [1.54, 1.807) is 0 Å². The maximum Gasteiger partial charge on any atom is 0.306 e. The molecule has 75 heavy (non-hydrogen) atoms. The highest BCUT2D eigenvalue weighted by atomic mass is 16.6. The quantitative estimate of drug-likeness (QED) is 0.0261. The Morgan fingerprint density at radius 3 is 0.733 bits per heavy atom. The number of hydrogen-bond donors (Lipinski definition) is 0. The van der Waals surface area contributed by atoms with Gasteiger partial charge in [0, 0.05) is 19.3 Å². The first-order valence-electron chi connectivity index (χ1n) is 33.8. The molecule has 0 aromatic heterocycles. The molecule has 0 fully saturated rings. The summed E-state index contributed by atoms with van der Waals surface area (Å²) in [5, 5.41) is 0. The monoisotopic (exact) mass is 1050 g/mol. The third kappa shape index (κ3) is 62.6. The number of carbonyl (C=O) groups excluding carboxylic acids is 3. The van der Waals surface area contributed by atoms with Crippen LogP contribution in [-0.2, 0) is 28.6 Å². The fourth-order valence-electron chi connectivity index (χ4n) is 10.4. The van der Waals surface area contributed by atoms with Crippen LogP contribution in [0.15, 0.2) is 24.3 Å². The summed E-state index contributed by atoms with van der Waals surface area (Å²) in [5.74, 6) is -0.852. The molecule has 0 N–H and O–H groups in total. The highest BCUT2D eigenvalue weighted by Crippen LogP contribution is 2.18. The van der Waals surface area contributed by atoms with E-state index >= 15 is 0 Å². The molecule has 0 aromatic rings. The lowest BCUT2D eigenvalue weighted by atomic mass is 10.0. The molecule has 6 heteroatoms. The minimum Gasteiger partial charge on any atom is -0.462 e. The van der Waals surface area contributed by atoms with Gasteiger partial charge in [-0.25, -0.2) is 0 Å². The summed E-state index contributed by atoms with van der Waals surface area (Å²) in [5.41, 5.74) is 0. The van der Waals surface area contributed by atoms with Crippen molar-refractivity contribution in [2.75, 3.05) is 13.2 Å². The molecule has 0 aliphatic carbocycles. The first-order chi connectivity index (χ1) is 37.0. The predicted molar refractivity (Wildman–Crippen MR) is 326 cm³/mol. The van der Waals surface area contributed by atoms with Gasteiger partial charge in [0.2, 0.25) is 0 Å². The van der Waals surface area contributed by atoms with Gasteiger partial charge in [-0.1, -0.05) is 334 Å². The number of esters is 3. The second-order valence-corrected chi connectivity index (χ2v) is 23.1. The van der Waals surface area contributed by atoms with Gasteiger partial charge >= 0.3 is 17.9 Å². The van der Waals surface area contributed by atoms with Gasteiger partial charge in [-0.3, -0.25) is 14.4 Å². The van der Waals surface area contributed by atoms with E-state index in [0.717, 1.165) is 70.6 Å². The number of allylic oxidation sites excluding steroid dienone is 4. The maximum atomic E-state index is 12.8. The summed E-state index contributed by atoms with van der Waals surface area (Å²) in [7, 11) is 0. The molecule has 0 radical (unpaired) electrons. The number of hydrogen-bond acceptors (Lipinski definition) is 6. The van der Waals surface area contributed by atoms with Crippen LogP contribution < -0.4 is 0 Å². The van der Waals surface area contributed by atoms with Crippen molar-refractivity contribution in [1.29, 1.82) is 0 Å². The van der Waals surface area contributed by atoms with Crippen molar-refractivity contribution in [3.63, 3.8) is 0 Å². The topological polar surface area (TPSA) is 78.9 Å². The molecular formula is C69H130O6. The van der Waals surface area contributed by atoms with Gasteiger partial charge in [0.25, 0.3) is 0 Å². The Morgan fingerprint density at radius 2 is 0.480 bits per heavy atom. The van der Waals surface area contributed by atoms with Crippen LogP contribution in [0.1, 0.15) is 380 Å². The maximum absolute atomic E-state index is 12.8. The highest BCUT2D eigenvalue weighted by molar-refractivity contribution is 5.71. The van der Waals surface area contributed by atoms with Crippen molar-refractivity contribution >= 4 is 17.9 Å². The summed E-state index contributed by atoms with van der Waals surface area (Å²) in [4.78, 5) is 37.9. The van der Waals surface area contributed by atoms with Crippen molar-refractivity contribution in [3.05, 3.63) is 24.3 Å². The first kappa shape index (κ1) is 72.9. The van der Waals surface area contributed by atoms with Crippen LogP contribution in [0.5, 0.6) is 0 Å². The Morgan fingerprint density at radius 1 is 0.267 bits per heavy atom. The van der Waals surface area contributed by atoms with Crippen LogP contribution in [-0.4, -0.2) is 37.2 Å². The molecule has 0 bridgehead atoms. The third-order valence-corrected chi connectivity index (χ3v) is 15.5. The van der Waals surface area contributed by atoms with E-state index in [-0.39, 0.29) is 31.1 Å². The van der Waals surface area contributed by atoms with E-state index in [4.69, 9.17) is 14.2 Å². The van der Waals surface area contributed by atoms with Gasteiger partial charge in [0.05, 0.1) is 0 Å². The standard InChI is InChI=1S/C69H130O6/c1-4-7-10-13-15-17-19-21-23-25-27-28-29-30-31-32-33-34-35-36-37-38-39-40-42-43-45-47-49-51-53-56-59-62-68(71)74-65-66(64-73-67(70)61-58-55-12-9-6-3)75-69(72)63-60-57-54-52-50-48-46-44-41-26-24-22-20-18-16-14-11-8-5-2/h19,21,25,27,66H,4-18,20,22-24,26,28-65H2,1-3H3/b21-19-,27-25-. The second-order valence-electron chi connectivity index (χ2n) is 23.1. The number of carbonyl (C=O) groups is 3. The average Bonchev–Trinajstić information content (AvgIpc) is 3.41. The molecule has 0 rings (SSSR count). The van der Waals surface area contributed by atoms with E-state index in [0.29, 0.717) is 19.3 Å². The highest BCUT2D eigenvalue weighted by Gasteiger charge is 2.19. The van der Waals surface area contributed by atoms with Gasteiger partial charge in [-0.15, -0.1) is 0 Å². The molecule has 442 valence electrons. The normalized spacial score (nSPS) is 12.1. The number of rotatable bonds is 63. The third-order valence-electron chi connectivity index (χ3n) is 15.5. The van der Waals surface area contributed by atoms with Crippen LogP contribution in [0.3, 0.4) is 0 Å². The SMILES string of the molecule is CCCCCCC/C=C\C/C=C\CCCCCCCCCCCCCCCCCCCCCCCC(=O)OCC(COC(=O)CCCCCCC)OC(=O)CCCCCCCCCCCCCCCCCCCCC. The Bertz CT molecular complexity index is 1210. The molecule has 0 saturated carbocycles. The van der Waals surface area contributed by atoms with Crippen LogP contribution in [0.25, 0.3) is 0 Å². The largest absolute Gasteiger partial charge is 0.462 e. The fraction of sp³-hybridized carbons (Fsp3) is 0.899. The summed E-state index contributed by atoms with van der Waals surface area (Å²) in [6, 6.07) is 0. The van der Waals surface area contributed by atoms with Crippen LogP contribution >= 0.6 is 0 Å². The van der Waals surface area contributed by atoms with Gasteiger partial charge in [-0.2, -0.15) is 0 Å². The molecule has 1 atom stereocenters. The molecule has 0 amide bonds. The van der Waals surface area contributed by atoms with E-state index in [1.165, 1.54) is 270 Å². The molecule has 0 aliphatic rings. The van der Waals surface area contributed by atoms with Crippen LogP contribution in [0.4, 0.5) is 0 Å². The summed E-state index contributed by atoms with van der Waals surface area (Å²) in [6.45, 7) is 6.61. The predicted octanol–water partition coefficient (Wildman–Crippen LogP) is 23.0. The van der Waals surface area contributed by atoms with Gasteiger partial charge < -0.3 is 14.2 Å². The summed E-state index contributed by atoms with van der Waals surface area (Å²) < 4.78 is 16.8. The molecular weight excluding hydrogens is 925 g/mol. The minimum absolute atomic E-state index is 0.0647. The van der Waals surface area contributed by atoms with Gasteiger partial charge in [0.15, 0.2) is 6.10 Å². The van der Waals surface area contributed by atoms with Gasteiger partial charge in [-0.05, 0) is 51.4 Å². The molecule has 1 unspecified atom stereocenters. The van der Waals surface area contributed by atoms with Crippen molar-refractivity contribution in [2.24, 2.45) is 0 Å². The molecule has 6 nitrogen and oxygen atoms in total. The zero-order valence-corrected chi connectivity index (χ0v) is 50.8. The second kappa shape index (κ2) is 64.4. The molecule has 0 saturated heterocycles. The molecule has 0 spiro atoms. The van der Waals surface area contributed by atoms with Gasteiger partial charge in [0.1, 0.15) is 13.2 Å². The summed E-state index contributed by atoms with van der Waals surface area (Å²) in [6.07, 6.45) is 78.4. The van der Waals surface area contributed by atoms with E-state index in [1.807, 2.05) is 0 Å². The van der Waals surface area contributed by atoms with E-state index in [9.17, 15) is 14.4 Å². The lowest BCUT2D eigenvalue weighted by Crippen LogP contribution is -2.30. The van der Waals surface area contributed by atoms with Crippen molar-refractivity contribution in [2.45, 2.75) is 386 Å².